The Morgan fingerprint density at radius 3 is 2.87 bits per heavy atom. The van der Waals surface area contributed by atoms with Crippen LogP contribution in [-0.4, -0.2) is 18.1 Å². The Kier molecular flexibility index (Phi) is 3.86. The van der Waals surface area contributed by atoms with E-state index in [2.05, 4.69) is 16.3 Å². The molecule has 0 saturated carbocycles. The summed E-state index contributed by atoms with van der Waals surface area (Å²) < 4.78 is 4.59. The molecule has 0 aliphatic carbocycles. The third-order valence-electron chi connectivity index (χ3n) is 2.16. The van der Waals surface area contributed by atoms with Crippen molar-refractivity contribution in [1.29, 1.82) is 0 Å². The van der Waals surface area contributed by atoms with Crippen molar-refractivity contribution in [1.82, 2.24) is 4.98 Å². The number of methoxy groups -OCH3 is 1. The van der Waals surface area contributed by atoms with E-state index < -0.39 is 5.97 Å². The maximum atomic E-state index is 11.2. The van der Waals surface area contributed by atoms with Gasteiger partial charge in [0.1, 0.15) is 0 Å². The Morgan fingerprint density at radius 2 is 2.33 bits per heavy atom. The van der Waals surface area contributed by atoms with Gasteiger partial charge in [-0.05, 0) is 12.1 Å². The summed E-state index contributed by atoms with van der Waals surface area (Å²) in [4.78, 5) is 15.4. The van der Waals surface area contributed by atoms with E-state index >= 15 is 0 Å². The van der Waals surface area contributed by atoms with Crippen LogP contribution >= 0.6 is 11.6 Å². The largest absolute Gasteiger partial charge is 0.466 e. The van der Waals surface area contributed by atoms with E-state index in [1.807, 2.05) is 6.92 Å². The fourth-order valence-electron chi connectivity index (χ4n) is 1.14. The molecular formula is C11H12ClNO2. The molecule has 0 radical (unpaired) electrons. The van der Waals surface area contributed by atoms with Gasteiger partial charge in [0.25, 0.3) is 0 Å². The summed E-state index contributed by atoms with van der Waals surface area (Å²) in [5.74, 6) is -0.625. The fourth-order valence-corrected chi connectivity index (χ4v) is 1.31. The SMILES string of the molecule is C=C(C(=O)OC)C(C)c1cc(Cl)ccn1. The van der Waals surface area contributed by atoms with Crippen molar-refractivity contribution in [2.75, 3.05) is 7.11 Å². The second kappa shape index (κ2) is 4.94. The van der Waals surface area contributed by atoms with Crippen LogP contribution in [0.3, 0.4) is 0 Å². The number of hydrogen-bond donors (Lipinski definition) is 0. The molecule has 0 aromatic carbocycles. The van der Waals surface area contributed by atoms with Gasteiger partial charge in [-0.25, -0.2) is 4.79 Å². The Bertz CT molecular complexity index is 390. The van der Waals surface area contributed by atoms with Crippen molar-refractivity contribution >= 4 is 17.6 Å². The van der Waals surface area contributed by atoms with Crippen LogP contribution in [0.1, 0.15) is 18.5 Å². The average Bonchev–Trinajstić information content (AvgIpc) is 2.26. The third kappa shape index (κ3) is 2.80. The number of pyridine rings is 1. The Balaban J connectivity index is 2.89. The lowest BCUT2D eigenvalue weighted by Gasteiger charge is -2.12. The summed E-state index contributed by atoms with van der Waals surface area (Å²) in [5.41, 5.74) is 1.07. The minimum absolute atomic E-state index is 0.198. The molecular weight excluding hydrogens is 214 g/mol. The van der Waals surface area contributed by atoms with Crippen LogP contribution in [0, 0.1) is 0 Å². The van der Waals surface area contributed by atoms with Gasteiger partial charge >= 0.3 is 5.97 Å². The highest BCUT2D eigenvalue weighted by atomic mass is 35.5. The van der Waals surface area contributed by atoms with Crippen molar-refractivity contribution in [3.8, 4) is 0 Å². The molecule has 1 atom stereocenters. The molecule has 0 spiro atoms. The smallest absolute Gasteiger partial charge is 0.333 e. The maximum absolute atomic E-state index is 11.2. The maximum Gasteiger partial charge on any atom is 0.333 e. The van der Waals surface area contributed by atoms with Crippen LogP contribution in [0.5, 0.6) is 0 Å². The fraction of sp³-hybridized carbons (Fsp3) is 0.273. The molecule has 1 unspecified atom stereocenters. The van der Waals surface area contributed by atoms with Crippen molar-refractivity contribution in [3.63, 3.8) is 0 Å². The normalized spacial score (nSPS) is 11.9. The summed E-state index contributed by atoms with van der Waals surface area (Å²) in [6.07, 6.45) is 1.60. The Morgan fingerprint density at radius 1 is 1.67 bits per heavy atom. The summed E-state index contributed by atoms with van der Waals surface area (Å²) in [6, 6.07) is 3.39. The molecule has 0 aliphatic heterocycles. The lowest BCUT2D eigenvalue weighted by Crippen LogP contribution is -2.11. The summed E-state index contributed by atoms with van der Waals surface area (Å²) in [6.45, 7) is 5.51. The molecule has 0 saturated heterocycles. The van der Waals surface area contributed by atoms with Gasteiger partial charge in [-0.15, -0.1) is 0 Å². The number of esters is 1. The van der Waals surface area contributed by atoms with Crippen molar-refractivity contribution in [3.05, 3.63) is 41.2 Å². The molecule has 4 heteroatoms. The number of aromatic nitrogens is 1. The number of carbonyl (C=O) groups is 1. The van der Waals surface area contributed by atoms with Crippen LogP contribution in [0.4, 0.5) is 0 Å². The van der Waals surface area contributed by atoms with Crippen molar-refractivity contribution in [2.45, 2.75) is 12.8 Å². The van der Waals surface area contributed by atoms with Gasteiger partial charge in [0.15, 0.2) is 0 Å². The summed E-state index contributed by atoms with van der Waals surface area (Å²) >= 11 is 5.82. The lowest BCUT2D eigenvalue weighted by atomic mass is 9.99. The van der Waals surface area contributed by atoms with Gasteiger partial charge in [-0.3, -0.25) is 4.98 Å². The predicted octanol–water partition coefficient (Wildman–Crippen LogP) is 2.57. The number of carbonyl (C=O) groups excluding carboxylic acids is 1. The topological polar surface area (TPSA) is 39.2 Å². The molecule has 0 aliphatic rings. The standard InChI is InChI=1S/C11H12ClNO2/c1-7(8(2)11(14)15-3)10-6-9(12)4-5-13-10/h4-7H,2H2,1,3H3. The first-order valence-corrected chi connectivity index (χ1v) is 4.82. The van der Waals surface area contributed by atoms with Crippen molar-refractivity contribution in [2.24, 2.45) is 0 Å². The first-order chi connectivity index (χ1) is 7.06. The quantitative estimate of drug-likeness (QED) is 0.586. The molecule has 0 bridgehead atoms. The zero-order valence-electron chi connectivity index (χ0n) is 8.66. The molecule has 0 fully saturated rings. The number of nitrogens with zero attached hydrogens (tertiary/aromatic N) is 1. The second-order valence-corrected chi connectivity index (χ2v) is 3.57. The predicted molar refractivity (Wildman–Crippen MR) is 58.8 cm³/mol. The molecule has 1 rings (SSSR count). The first-order valence-electron chi connectivity index (χ1n) is 4.44. The van der Waals surface area contributed by atoms with Crippen molar-refractivity contribution < 1.29 is 9.53 Å². The minimum atomic E-state index is -0.427. The van der Waals surface area contributed by atoms with Crippen LogP contribution < -0.4 is 0 Å². The van der Waals surface area contributed by atoms with Gasteiger partial charge < -0.3 is 4.74 Å². The van der Waals surface area contributed by atoms with E-state index in [9.17, 15) is 4.79 Å². The summed E-state index contributed by atoms with van der Waals surface area (Å²) in [5, 5.41) is 0.588. The average molecular weight is 226 g/mol. The summed E-state index contributed by atoms with van der Waals surface area (Å²) in [7, 11) is 1.33. The molecule has 1 heterocycles. The highest BCUT2D eigenvalue weighted by molar-refractivity contribution is 6.30. The van der Waals surface area contributed by atoms with Gasteiger partial charge in [0.05, 0.1) is 7.11 Å². The van der Waals surface area contributed by atoms with E-state index in [4.69, 9.17) is 11.6 Å². The Labute approximate surface area is 93.7 Å². The van der Waals surface area contributed by atoms with E-state index in [1.54, 1.807) is 18.3 Å². The van der Waals surface area contributed by atoms with Gasteiger partial charge in [-0.1, -0.05) is 25.1 Å². The number of hydrogen-bond acceptors (Lipinski definition) is 3. The monoisotopic (exact) mass is 225 g/mol. The highest BCUT2D eigenvalue weighted by Crippen LogP contribution is 2.23. The zero-order chi connectivity index (χ0) is 11.4. The van der Waals surface area contributed by atoms with Crippen LogP contribution in [0.25, 0.3) is 0 Å². The van der Waals surface area contributed by atoms with E-state index in [0.717, 1.165) is 0 Å². The first kappa shape index (κ1) is 11.7. The van der Waals surface area contributed by atoms with E-state index in [-0.39, 0.29) is 5.92 Å². The van der Waals surface area contributed by atoms with Crippen LogP contribution in [0.15, 0.2) is 30.5 Å². The van der Waals surface area contributed by atoms with Gasteiger partial charge in [0, 0.05) is 28.4 Å². The van der Waals surface area contributed by atoms with E-state index in [0.29, 0.717) is 16.3 Å². The molecule has 15 heavy (non-hydrogen) atoms. The van der Waals surface area contributed by atoms with Crippen LogP contribution in [0.2, 0.25) is 5.02 Å². The number of ether oxygens (including phenoxy) is 1. The molecule has 1 aromatic heterocycles. The number of halogens is 1. The van der Waals surface area contributed by atoms with Gasteiger partial charge in [0.2, 0.25) is 0 Å². The molecule has 3 nitrogen and oxygen atoms in total. The van der Waals surface area contributed by atoms with E-state index in [1.165, 1.54) is 7.11 Å². The molecule has 0 N–H and O–H groups in total. The molecule has 80 valence electrons. The minimum Gasteiger partial charge on any atom is -0.466 e. The third-order valence-corrected chi connectivity index (χ3v) is 2.39. The zero-order valence-corrected chi connectivity index (χ0v) is 9.41. The highest BCUT2D eigenvalue weighted by Gasteiger charge is 2.17. The molecule has 0 amide bonds. The van der Waals surface area contributed by atoms with Gasteiger partial charge in [-0.2, -0.15) is 0 Å². The van der Waals surface area contributed by atoms with Crippen LogP contribution in [-0.2, 0) is 9.53 Å². The second-order valence-electron chi connectivity index (χ2n) is 3.14. The Hall–Kier alpha value is -1.35. The lowest BCUT2D eigenvalue weighted by molar-refractivity contribution is -0.136. The number of rotatable bonds is 3. The molecule has 1 aromatic rings.